The summed E-state index contributed by atoms with van der Waals surface area (Å²) in [4.78, 5) is 24.6. The van der Waals surface area contributed by atoms with Crippen molar-refractivity contribution in [2.24, 2.45) is 0 Å². The maximum absolute atomic E-state index is 12.7. The number of benzene rings is 1. The fourth-order valence-corrected chi connectivity index (χ4v) is 3.29. The van der Waals surface area contributed by atoms with Gasteiger partial charge in [-0.15, -0.1) is 0 Å². The van der Waals surface area contributed by atoms with Gasteiger partial charge in [0.25, 0.3) is 8.68 Å². The van der Waals surface area contributed by atoms with Crippen LogP contribution in [0, 0.1) is 11.3 Å². The highest BCUT2D eigenvalue weighted by atomic mass is 35.6. The standard InChI is InChI=1S/C13H4Cl4F3N3O2S/c14-8-3-7(12(18,19)20)1-2-9(8)22-5-6(4-21)10(24)23(11(22)25)26-13(15,16)17/h1-3,5H. The van der Waals surface area contributed by atoms with Crippen molar-refractivity contribution in [1.82, 2.24) is 8.54 Å². The second-order valence-electron chi connectivity index (χ2n) is 4.61. The number of rotatable bonds is 2. The Morgan fingerprint density at radius 1 is 1.15 bits per heavy atom. The normalized spacial score (nSPS) is 12.1. The van der Waals surface area contributed by atoms with Crippen LogP contribution in [0.3, 0.4) is 0 Å². The molecule has 1 aromatic carbocycles. The molecular formula is C13H4Cl4F3N3O2S. The molecule has 1 aromatic heterocycles. The van der Waals surface area contributed by atoms with Gasteiger partial charge in [-0.1, -0.05) is 46.4 Å². The Hall–Kier alpha value is -1.31. The van der Waals surface area contributed by atoms with Crippen molar-refractivity contribution in [3.8, 4) is 11.8 Å². The molecule has 0 bridgehead atoms. The highest BCUT2D eigenvalue weighted by Crippen LogP contribution is 2.38. The summed E-state index contributed by atoms with van der Waals surface area (Å²) in [7, 11) is 0. The largest absolute Gasteiger partial charge is 0.416 e. The Morgan fingerprint density at radius 3 is 2.23 bits per heavy atom. The van der Waals surface area contributed by atoms with Crippen LogP contribution in [0.5, 0.6) is 0 Å². The SMILES string of the molecule is N#Cc1cn(-c2ccc(C(F)(F)F)cc2Cl)c(=O)n(SC(Cl)(Cl)Cl)c1=O. The molecule has 0 atom stereocenters. The highest BCUT2D eigenvalue weighted by molar-refractivity contribution is 8.03. The summed E-state index contributed by atoms with van der Waals surface area (Å²) >= 11 is 22.7. The minimum atomic E-state index is -4.64. The fraction of sp³-hybridized carbons (Fsp3) is 0.154. The molecule has 13 heteroatoms. The van der Waals surface area contributed by atoms with Gasteiger partial charge in [-0.25, -0.2) is 4.79 Å². The molecule has 5 nitrogen and oxygen atoms in total. The minimum Gasteiger partial charge on any atom is -0.267 e. The molecule has 0 saturated carbocycles. The lowest BCUT2D eigenvalue weighted by Gasteiger charge is -2.15. The van der Waals surface area contributed by atoms with Crippen molar-refractivity contribution < 1.29 is 13.2 Å². The summed E-state index contributed by atoms with van der Waals surface area (Å²) in [6.45, 7) is 0. The van der Waals surface area contributed by atoms with Crippen LogP contribution in [0.25, 0.3) is 5.69 Å². The van der Waals surface area contributed by atoms with Gasteiger partial charge in [0, 0.05) is 18.1 Å². The Bertz CT molecular complexity index is 1020. The minimum absolute atomic E-state index is 0.195. The molecule has 0 fully saturated rings. The van der Waals surface area contributed by atoms with Crippen molar-refractivity contribution in [1.29, 1.82) is 5.26 Å². The summed E-state index contributed by atoms with van der Waals surface area (Å²) in [6.07, 6.45) is -3.80. The zero-order chi connectivity index (χ0) is 19.9. The van der Waals surface area contributed by atoms with Crippen molar-refractivity contribution >= 4 is 58.4 Å². The van der Waals surface area contributed by atoms with E-state index in [1.807, 2.05) is 0 Å². The molecule has 2 aromatic rings. The van der Waals surface area contributed by atoms with Gasteiger partial charge >= 0.3 is 11.9 Å². The van der Waals surface area contributed by atoms with E-state index in [2.05, 4.69) is 0 Å². The van der Waals surface area contributed by atoms with Gasteiger partial charge in [-0.3, -0.25) is 9.36 Å². The Morgan fingerprint density at radius 2 is 1.77 bits per heavy atom. The molecule has 26 heavy (non-hydrogen) atoms. The van der Waals surface area contributed by atoms with E-state index in [-0.39, 0.29) is 17.6 Å². The van der Waals surface area contributed by atoms with E-state index in [1.165, 1.54) is 0 Å². The van der Waals surface area contributed by atoms with Crippen LogP contribution in [-0.4, -0.2) is 11.7 Å². The van der Waals surface area contributed by atoms with Crippen molar-refractivity contribution in [3.05, 3.63) is 61.4 Å². The monoisotopic (exact) mass is 463 g/mol. The lowest BCUT2D eigenvalue weighted by Crippen LogP contribution is -2.38. The van der Waals surface area contributed by atoms with Gasteiger partial charge in [0.2, 0.25) is 0 Å². The van der Waals surface area contributed by atoms with Gasteiger partial charge in [0.05, 0.1) is 16.3 Å². The maximum Gasteiger partial charge on any atom is 0.416 e. The zero-order valence-corrected chi connectivity index (χ0v) is 15.9. The number of nitrogens with zero attached hydrogens (tertiary/aromatic N) is 3. The Kier molecular flexibility index (Phi) is 5.95. The number of halogens is 7. The number of aromatic nitrogens is 2. The lowest BCUT2D eigenvalue weighted by molar-refractivity contribution is -0.137. The molecule has 0 radical (unpaired) electrons. The van der Waals surface area contributed by atoms with Gasteiger partial charge < -0.3 is 0 Å². The average Bonchev–Trinajstić information content (AvgIpc) is 2.50. The molecule has 0 unspecified atom stereocenters. The molecule has 2 rings (SSSR count). The van der Waals surface area contributed by atoms with E-state index in [1.54, 1.807) is 6.07 Å². The summed E-state index contributed by atoms with van der Waals surface area (Å²) in [6, 6.07) is 3.77. The molecule has 1 heterocycles. The Labute approximate surface area is 167 Å². The Balaban J connectivity index is 2.76. The summed E-state index contributed by atoms with van der Waals surface area (Å²) in [5.41, 5.74) is -3.87. The van der Waals surface area contributed by atoms with Gasteiger partial charge in [-0.2, -0.15) is 22.4 Å². The van der Waals surface area contributed by atoms with Gasteiger partial charge in [-0.05, 0) is 18.2 Å². The van der Waals surface area contributed by atoms with Crippen molar-refractivity contribution in [2.45, 2.75) is 9.30 Å². The number of alkyl halides is 6. The average molecular weight is 465 g/mol. The van der Waals surface area contributed by atoms with Crippen molar-refractivity contribution in [2.75, 3.05) is 0 Å². The number of nitriles is 1. The van der Waals surface area contributed by atoms with E-state index >= 15 is 0 Å². The summed E-state index contributed by atoms with van der Waals surface area (Å²) in [5, 5.41) is 8.62. The quantitative estimate of drug-likeness (QED) is 0.619. The van der Waals surface area contributed by atoms with Crippen LogP contribution >= 0.6 is 58.4 Å². The van der Waals surface area contributed by atoms with E-state index in [0.29, 0.717) is 20.7 Å². The first-order chi connectivity index (χ1) is 11.8. The smallest absolute Gasteiger partial charge is 0.267 e. The van der Waals surface area contributed by atoms with E-state index in [9.17, 15) is 22.8 Å². The van der Waals surface area contributed by atoms with Crippen LogP contribution in [0.1, 0.15) is 11.1 Å². The van der Waals surface area contributed by atoms with Gasteiger partial charge in [0.1, 0.15) is 11.6 Å². The molecule has 0 aliphatic heterocycles. The summed E-state index contributed by atoms with van der Waals surface area (Å²) < 4.78 is 37.2. The molecule has 0 aliphatic carbocycles. The molecule has 0 N–H and O–H groups in total. The van der Waals surface area contributed by atoms with Crippen LogP contribution in [0.4, 0.5) is 13.2 Å². The van der Waals surface area contributed by atoms with Crippen LogP contribution in [0.2, 0.25) is 5.02 Å². The fourth-order valence-electron chi connectivity index (χ4n) is 1.85. The third kappa shape index (κ3) is 4.50. The topological polar surface area (TPSA) is 67.8 Å². The first kappa shape index (κ1) is 21.0. The van der Waals surface area contributed by atoms with E-state index in [0.717, 1.165) is 12.3 Å². The first-order valence-electron chi connectivity index (χ1n) is 6.27. The van der Waals surface area contributed by atoms with Crippen LogP contribution in [0.15, 0.2) is 34.0 Å². The molecule has 0 amide bonds. The maximum atomic E-state index is 12.7. The molecule has 0 aliphatic rings. The van der Waals surface area contributed by atoms with Gasteiger partial charge in [0.15, 0.2) is 0 Å². The van der Waals surface area contributed by atoms with E-state index < -0.39 is 36.7 Å². The van der Waals surface area contributed by atoms with E-state index in [4.69, 9.17) is 51.7 Å². The molecule has 0 spiro atoms. The predicted molar refractivity (Wildman–Crippen MR) is 94.3 cm³/mol. The third-order valence-electron chi connectivity index (χ3n) is 2.90. The van der Waals surface area contributed by atoms with Crippen LogP contribution < -0.4 is 11.2 Å². The van der Waals surface area contributed by atoms with Crippen molar-refractivity contribution in [3.63, 3.8) is 0 Å². The highest BCUT2D eigenvalue weighted by Gasteiger charge is 2.31. The lowest BCUT2D eigenvalue weighted by atomic mass is 10.2. The summed E-state index contributed by atoms with van der Waals surface area (Å²) in [5.74, 6) is 0. The molecular weight excluding hydrogens is 461 g/mol. The zero-order valence-electron chi connectivity index (χ0n) is 12.0. The predicted octanol–water partition coefficient (Wildman–Crippen LogP) is 4.37. The van der Waals surface area contributed by atoms with Crippen LogP contribution in [-0.2, 0) is 6.18 Å². The number of hydrogen-bond acceptors (Lipinski definition) is 4. The third-order valence-corrected chi connectivity index (χ3v) is 4.54. The second kappa shape index (κ2) is 7.37. The second-order valence-corrected chi connectivity index (χ2v) is 9.13. The molecule has 138 valence electrons. The first-order valence-corrected chi connectivity index (χ1v) is 8.56. The number of hydrogen-bond donors (Lipinski definition) is 0. The molecule has 0 saturated heterocycles.